The molecule has 62 valence electrons. The first-order chi connectivity index (χ1) is 5.24. The van der Waals surface area contributed by atoms with E-state index in [0.29, 0.717) is 5.57 Å². The maximum Gasteiger partial charge on any atom is 0.114 e. The molecule has 0 saturated heterocycles. The van der Waals surface area contributed by atoms with E-state index in [2.05, 4.69) is 0 Å². The zero-order valence-corrected chi connectivity index (χ0v) is 6.63. The Morgan fingerprint density at radius 3 is 3.18 bits per heavy atom. The van der Waals surface area contributed by atoms with Gasteiger partial charge in [-0.15, -0.1) is 0 Å². The van der Waals surface area contributed by atoms with Crippen molar-refractivity contribution in [2.75, 3.05) is 20.3 Å². The highest BCUT2D eigenvalue weighted by molar-refractivity contribution is 5.23. The quantitative estimate of drug-likeness (QED) is 0.604. The van der Waals surface area contributed by atoms with Crippen molar-refractivity contribution in [3.05, 3.63) is 23.8 Å². The van der Waals surface area contributed by atoms with Gasteiger partial charge in [-0.05, 0) is 18.7 Å². The summed E-state index contributed by atoms with van der Waals surface area (Å²) in [5.74, 6) is 0. The van der Waals surface area contributed by atoms with Crippen LogP contribution in [0.5, 0.6) is 0 Å². The molecule has 0 amide bonds. The third-order valence-corrected chi connectivity index (χ3v) is 1.77. The Labute approximate surface area is 66.2 Å². The first-order valence-corrected chi connectivity index (χ1v) is 3.63. The molecule has 0 bridgehead atoms. The van der Waals surface area contributed by atoms with Gasteiger partial charge < -0.3 is 5.73 Å². The third-order valence-electron chi connectivity index (χ3n) is 1.77. The molecule has 1 aliphatic heterocycles. The van der Waals surface area contributed by atoms with Crippen LogP contribution >= 0.6 is 0 Å². The van der Waals surface area contributed by atoms with Gasteiger partial charge in [0.2, 0.25) is 0 Å². The summed E-state index contributed by atoms with van der Waals surface area (Å²) in [6.45, 7) is 0.346. The van der Waals surface area contributed by atoms with Gasteiger partial charge in [-0.3, -0.25) is 4.90 Å². The lowest BCUT2D eigenvalue weighted by Crippen LogP contribution is -2.37. The number of likely N-dealkylation sites (N-methyl/N-ethyl adjacent to an activating group) is 1. The van der Waals surface area contributed by atoms with Crippen molar-refractivity contribution in [1.29, 1.82) is 0 Å². The number of alkyl halides is 1. The summed E-state index contributed by atoms with van der Waals surface area (Å²) in [7, 11) is 1.91. The van der Waals surface area contributed by atoms with Gasteiger partial charge >= 0.3 is 0 Å². The van der Waals surface area contributed by atoms with E-state index in [-0.39, 0.29) is 6.17 Å². The first kappa shape index (κ1) is 8.43. The Hall–Kier alpha value is -0.670. The molecule has 0 spiro atoms. The predicted molar refractivity (Wildman–Crippen MR) is 43.8 cm³/mol. The van der Waals surface area contributed by atoms with E-state index in [4.69, 9.17) is 5.73 Å². The fourth-order valence-corrected chi connectivity index (χ4v) is 0.983. The van der Waals surface area contributed by atoms with E-state index in [1.54, 1.807) is 12.2 Å². The van der Waals surface area contributed by atoms with E-state index in [1.807, 2.05) is 18.0 Å². The zero-order chi connectivity index (χ0) is 8.27. The van der Waals surface area contributed by atoms with Crippen molar-refractivity contribution in [2.24, 2.45) is 5.73 Å². The Kier molecular flexibility index (Phi) is 2.79. The summed E-state index contributed by atoms with van der Waals surface area (Å²) in [6.07, 6.45) is 5.28. The second-order valence-corrected chi connectivity index (χ2v) is 2.71. The average molecular weight is 156 g/mol. The van der Waals surface area contributed by atoms with Crippen LogP contribution in [0.25, 0.3) is 0 Å². The number of halogens is 1. The van der Waals surface area contributed by atoms with E-state index in [9.17, 15) is 4.39 Å². The molecule has 0 aliphatic carbocycles. The van der Waals surface area contributed by atoms with Crippen molar-refractivity contribution in [1.82, 2.24) is 4.90 Å². The molecule has 1 atom stereocenters. The Balaban J connectivity index is 2.71. The third kappa shape index (κ3) is 2.13. The molecule has 0 aromatic carbocycles. The molecule has 1 rings (SSSR count). The molecule has 1 heterocycles. The molecule has 3 heteroatoms. The highest BCUT2D eigenvalue weighted by Gasteiger charge is 2.08. The van der Waals surface area contributed by atoms with Crippen LogP contribution in [0.3, 0.4) is 0 Å². The summed E-state index contributed by atoms with van der Waals surface area (Å²) in [4.78, 5) is 1.94. The molecule has 0 aromatic heterocycles. The van der Waals surface area contributed by atoms with Gasteiger partial charge in [-0.25, -0.2) is 4.39 Å². The van der Waals surface area contributed by atoms with E-state index in [1.165, 1.54) is 0 Å². The number of rotatable bonds is 1. The topological polar surface area (TPSA) is 29.3 Å². The van der Waals surface area contributed by atoms with E-state index in [0.717, 1.165) is 6.54 Å². The molecule has 11 heavy (non-hydrogen) atoms. The average Bonchev–Trinajstić information content (AvgIpc) is 2.15. The molecule has 1 unspecified atom stereocenters. The van der Waals surface area contributed by atoms with Crippen molar-refractivity contribution >= 4 is 0 Å². The number of allylic oxidation sites excluding steroid dienone is 2. The standard InChI is InChI=1S/C8H13FN2/c1-11-4-2-3-7(6-9)5-8(11)10/h2-3,5,8H,4,6,10H2,1H3. The number of hydrogen-bond acceptors (Lipinski definition) is 2. The van der Waals surface area contributed by atoms with Crippen LogP contribution in [0, 0.1) is 0 Å². The molecule has 2 N–H and O–H groups in total. The molecule has 0 aromatic rings. The van der Waals surface area contributed by atoms with Crippen LogP contribution in [0.4, 0.5) is 4.39 Å². The number of nitrogens with two attached hydrogens (primary N) is 1. The van der Waals surface area contributed by atoms with Gasteiger partial charge in [0, 0.05) is 6.54 Å². The Bertz CT molecular complexity index is 187. The smallest absolute Gasteiger partial charge is 0.114 e. The molecule has 1 aliphatic rings. The van der Waals surface area contributed by atoms with Gasteiger partial charge in [0.25, 0.3) is 0 Å². The minimum absolute atomic E-state index is 0.157. The lowest BCUT2D eigenvalue weighted by molar-refractivity contribution is 0.318. The first-order valence-electron chi connectivity index (χ1n) is 3.63. The maximum atomic E-state index is 12.2. The van der Waals surface area contributed by atoms with Crippen molar-refractivity contribution in [3.8, 4) is 0 Å². The van der Waals surface area contributed by atoms with E-state index < -0.39 is 6.67 Å². The van der Waals surface area contributed by atoms with Crippen LogP contribution in [-0.2, 0) is 0 Å². The summed E-state index contributed by atoms with van der Waals surface area (Å²) in [6, 6.07) is 0. The van der Waals surface area contributed by atoms with Crippen molar-refractivity contribution in [3.63, 3.8) is 0 Å². The van der Waals surface area contributed by atoms with Gasteiger partial charge in [-0.2, -0.15) is 0 Å². The maximum absolute atomic E-state index is 12.2. The van der Waals surface area contributed by atoms with Gasteiger partial charge in [0.1, 0.15) is 6.67 Å². The summed E-state index contributed by atoms with van der Waals surface area (Å²) in [5, 5.41) is 0. The number of hydrogen-bond donors (Lipinski definition) is 1. The van der Waals surface area contributed by atoms with Crippen LogP contribution in [0.1, 0.15) is 0 Å². The molecule has 2 nitrogen and oxygen atoms in total. The number of nitrogens with zero attached hydrogens (tertiary/aromatic N) is 1. The second kappa shape index (κ2) is 3.64. The summed E-state index contributed by atoms with van der Waals surface area (Å²) >= 11 is 0. The van der Waals surface area contributed by atoms with Crippen molar-refractivity contribution in [2.45, 2.75) is 6.17 Å². The minimum atomic E-state index is -0.433. The van der Waals surface area contributed by atoms with E-state index >= 15 is 0 Å². The molecule has 0 saturated carbocycles. The summed E-state index contributed by atoms with van der Waals surface area (Å²) < 4.78 is 12.2. The van der Waals surface area contributed by atoms with Crippen LogP contribution in [-0.4, -0.2) is 31.3 Å². The van der Waals surface area contributed by atoms with Gasteiger partial charge in [-0.1, -0.05) is 12.2 Å². The Morgan fingerprint density at radius 1 is 1.82 bits per heavy atom. The molecular formula is C8H13FN2. The normalized spacial score (nSPS) is 26.5. The van der Waals surface area contributed by atoms with Crippen LogP contribution < -0.4 is 5.73 Å². The Morgan fingerprint density at radius 2 is 2.55 bits per heavy atom. The summed E-state index contributed by atoms with van der Waals surface area (Å²) in [5.41, 5.74) is 6.36. The SMILES string of the molecule is CN1CC=CC(CF)=CC1N. The minimum Gasteiger partial charge on any atom is -0.312 e. The highest BCUT2D eigenvalue weighted by atomic mass is 19.1. The lowest BCUT2D eigenvalue weighted by atomic mass is 10.2. The molecule has 0 radical (unpaired) electrons. The van der Waals surface area contributed by atoms with Crippen LogP contribution in [0.2, 0.25) is 0 Å². The zero-order valence-electron chi connectivity index (χ0n) is 6.63. The van der Waals surface area contributed by atoms with Crippen LogP contribution in [0.15, 0.2) is 23.8 Å². The second-order valence-electron chi connectivity index (χ2n) is 2.71. The van der Waals surface area contributed by atoms with Crippen molar-refractivity contribution < 1.29 is 4.39 Å². The monoisotopic (exact) mass is 156 g/mol. The van der Waals surface area contributed by atoms with Gasteiger partial charge in [0.05, 0.1) is 6.17 Å². The lowest BCUT2D eigenvalue weighted by Gasteiger charge is -2.18. The van der Waals surface area contributed by atoms with Gasteiger partial charge in [0.15, 0.2) is 0 Å². The fourth-order valence-electron chi connectivity index (χ4n) is 0.983. The highest BCUT2D eigenvalue weighted by Crippen LogP contribution is 2.06. The largest absolute Gasteiger partial charge is 0.312 e. The molecule has 0 fully saturated rings. The fraction of sp³-hybridized carbons (Fsp3) is 0.500. The predicted octanol–water partition coefficient (Wildman–Crippen LogP) is 0.669. The molecular weight excluding hydrogens is 143 g/mol.